The Balaban J connectivity index is 2.48. The summed E-state index contributed by atoms with van der Waals surface area (Å²) < 4.78 is 31.8. The lowest BCUT2D eigenvalue weighted by atomic mass is 9.84. The minimum Gasteiger partial charge on any atom is -0.381 e. The molecule has 1 saturated heterocycles. The van der Waals surface area contributed by atoms with Crippen LogP contribution in [0.2, 0.25) is 10.0 Å². The summed E-state index contributed by atoms with van der Waals surface area (Å²) in [6, 6.07) is 5.06. The third kappa shape index (κ3) is 3.35. The van der Waals surface area contributed by atoms with Crippen LogP contribution in [0.15, 0.2) is 30.2 Å². The van der Waals surface area contributed by atoms with Crippen molar-refractivity contribution in [3.63, 3.8) is 0 Å². The Kier molecular flexibility index (Phi) is 4.76. The molecule has 1 aromatic rings. The van der Waals surface area contributed by atoms with Crippen molar-refractivity contribution in [2.24, 2.45) is 0 Å². The molecule has 1 heterocycles. The van der Waals surface area contributed by atoms with Crippen LogP contribution in [0.25, 0.3) is 0 Å². The summed E-state index contributed by atoms with van der Waals surface area (Å²) in [6.45, 7) is 4.24. The number of sulfonamides is 1. The van der Waals surface area contributed by atoms with Gasteiger partial charge < -0.3 is 4.74 Å². The van der Waals surface area contributed by atoms with Gasteiger partial charge in [0.1, 0.15) is 0 Å². The maximum Gasteiger partial charge on any atom is 0.233 e. The first-order valence-corrected chi connectivity index (χ1v) is 8.38. The quantitative estimate of drug-likeness (QED) is 0.919. The van der Waals surface area contributed by atoms with Crippen molar-refractivity contribution in [3.8, 4) is 0 Å². The number of hydrogen-bond donors (Lipinski definition) is 1. The largest absolute Gasteiger partial charge is 0.381 e. The molecular formula is C13H15Cl2NO3S. The number of benzene rings is 1. The van der Waals surface area contributed by atoms with E-state index in [2.05, 4.69) is 11.3 Å². The molecule has 1 N–H and O–H groups in total. The molecule has 110 valence electrons. The molecule has 0 spiro atoms. The Hall–Kier alpha value is -0.590. The predicted octanol–water partition coefficient (Wildman–Crippen LogP) is 3.06. The molecule has 0 radical (unpaired) electrons. The van der Waals surface area contributed by atoms with Crippen molar-refractivity contribution >= 4 is 33.2 Å². The lowest BCUT2D eigenvalue weighted by Crippen LogP contribution is -2.48. The van der Waals surface area contributed by atoms with Crippen molar-refractivity contribution in [2.45, 2.75) is 18.4 Å². The standard InChI is InChI=1S/C13H15Cl2NO3S/c1-2-20(17,18)16-13(5-7-19-8-6-13)11-4-3-10(14)9-12(11)15/h2-4,9,16H,1,5-8H2. The monoisotopic (exact) mass is 335 g/mol. The van der Waals surface area contributed by atoms with Gasteiger partial charge in [0.15, 0.2) is 0 Å². The molecule has 20 heavy (non-hydrogen) atoms. The Bertz CT molecular complexity index is 610. The first-order chi connectivity index (χ1) is 9.38. The Morgan fingerprint density at radius 2 is 1.95 bits per heavy atom. The first-order valence-electron chi connectivity index (χ1n) is 6.08. The second-order valence-corrected chi connectivity index (χ2v) is 7.10. The fraction of sp³-hybridized carbons (Fsp3) is 0.385. The summed E-state index contributed by atoms with van der Waals surface area (Å²) in [5.74, 6) is 0. The highest BCUT2D eigenvalue weighted by molar-refractivity contribution is 7.92. The van der Waals surface area contributed by atoms with Gasteiger partial charge in [0.05, 0.1) is 5.54 Å². The Labute approximate surface area is 128 Å². The molecule has 7 heteroatoms. The SMILES string of the molecule is C=CS(=O)(=O)NC1(c2ccc(Cl)cc2Cl)CCOCC1. The average Bonchev–Trinajstić information content (AvgIpc) is 2.39. The predicted molar refractivity (Wildman–Crippen MR) is 80.4 cm³/mol. The molecule has 0 bridgehead atoms. The molecule has 1 aromatic carbocycles. The molecular weight excluding hydrogens is 321 g/mol. The summed E-state index contributed by atoms with van der Waals surface area (Å²) >= 11 is 12.1. The minimum atomic E-state index is -3.59. The van der Waals surface area contributed by atoms with Gasteiger partial charge in [0, 0.05) is 28.7 Å². The van der Waals surface area contributed by atoms with Gasteiger partial charge in [-0.25, -0.2) is 13.1 Å². The fourth-order valence-electron chi connectivity index (χ4n) is 2.34. The Morgan fingerprint density at radius 1 is 1.30 bits per heavy atom. The average molecular weight is 336 g/mol. The van der Waals surface area contributed by atoms with Crippen LogP contribution in [0.4, 0.5) is 0 Å². The zero-order chi connectivity index (χ0) is 14.8. The lowest BCUT2D eigenvalue weighted by molar-refractivity contribution is 0.0461. The second-order valence-electron chi connectivity index (χ2n) is 4.63. The third-order valence-corrected chi connectivity index (χ3v) is 5.01. The van der Waals surface area contributed by atoms with Crippen LogP contribution in [0.5, 0.6) is 0 Å². The zero-order valence-electron chi connectivity index (χ0n) is 10.7. The van der Waals surface area contributed by atoms with Crippen molar-refractivity contribution < 1.29 is 13.2 Å². The molecule has 0 aliphatic carbocycles. The summed E-state index contributed by atoms with van der Waals surface area (Å²) in [6.07, 6.45) is 1.00. The van der Waals surface area contributed by atoms with Crippen LogP contribution in [-0.4, -0.2) is 21.6 Å². The highest BCUT2D eigenvalue weighted by atomic mass is 35.5. The summed E-state index contributed by atoms with van der Waals surface area (Å²) in [5.41, 5.74) is -0.0790. The molecule has 0 atom stereocenters. The van der Waals surface area contributed by atoms with E-state index in [0.717, 1.165) is 5.41 Å². The number of rotatable bonds is 4. The van der Waals surface area contributed by atoms with Gasteiger partial charge in [0.25, 0.3) is 0 Å². The molecule has 2 rings (SSSR count). The van der Waals surface area contributed by atoms with E-state index in [1.807, 2.05) is 0 Å². The summed E-state index contributed by atoms with van der Waals surface area (Å²) in [5, 5.41) is 1.84. The van der Waals surface area contributed by atoms with E-state index in [-0.39, 0.29) is 0 Å². The highest BCUT2D eigenvalue weighted by Crippen LogP contribution is 2.38. The summed E-state index contributed by atoms with van der Waals surface area (Å²) in [4.78, 5) is 0. The topological polar surface area (TPSA) is 55.4 Å². The van der Waals surface area contributed by atoms with Crippen LogP contribution in [-0.2, 0) is 20.3 Å². The van der Waals surface area contributed by atoms with Crippen molar-refractivity contribution in [3.05, 3.63) is 45.8 Å². The van der Waals surface area contributed by atoms with E-state index in [4.69, 9.17) is 27.9 Å². The molecule has 1 aliphatic rings. The van der Waals surface area contributed by atoms with Gasteiger partial charge in [-0.2, -0.15) is 0 Å². The first kappa shape index (κ1) is 15.8. The van der Waals surface area contributed by atoms with E-state index in [1.54, 1.807) is 18.2 Å². The van der Waals surface area contributed by atoms with Gasteiger partial charge in [0.2, 0.25) is 10.0 Å². The van der Waals surface area contributed by atoms with E-state index in [9.17, 15) is 8.42 Å². The molecule has 4 nitrogen and oxygen atoms in total. The minimum absolute atomic E-state index is 0.436. The van der Waals surface area contributed by atoms with E-state index < -0.39 is 15.6 Å². The lowest BCUT2D eigenvalue weighted by Gasteiger charge is -2.38. The number of halogens is 2. The maximum absolute atomic E-state index is 11.9. The molecule has 1 fully saturated rings. The van der Waals surface area contributed by atoms with Crippen molar-refractivity contribution in [1.82, 2.24) is 4.72 Å². The van der Waals surface area contributed by atoms with Gasteiger partial charge in [-0.3, -0.25) is 0 Å². The molecule has 0 aromatic heterocycles. The molecule has 0 saturated carbocycles. The van der Waals surface area contributed by atoms with E-state index in [0.29, 0.717) is 41.7 Å². The number of nitrogens with one attached hydrogen (secondary N) is 1. The molecule has 0 amide bonds. The molecule has 1 aliphatic heterocycles. The van der Waals surface area contributed by atoms with E-state index >= 15 is 0 Å². The maximum atomic E-state index is 11.9. The number of ether oxygens (including phenoxy) is 1. The zero-order valence-corrected chi connectivity index (χ0v) is 13.1. The van der Waals surface area contributed by atoms with Crippen LogP contribution in [0, 0.1) is 0 Å². The Morgan fingerprint density at radius 3 is 2.50 bits per heavy atom. The van der Waals surface area contributed by atoms with E-state index in [1.165, 1.54) is 0 Å². The highest BCUT2D eigenvalue weighted by Gasteiger charge is 2.38. The van der Waals surface area contributed by atoms with Gasteiger partial charge >= 0.3 is 0 Å². The molecule has 0 unspecified atom stereocenters. The van der Waals surface area contributed by atoms with Gasteiger partial charge in [-0.05, 0) is 30.5 Å². The smallest absolute Gasteiger partial charge is 0.233 e. The van der Waals surface area contributed by atoms with Gasteiger partial charge in [-0.1, -0.05) is 35.8 Å². The van der Waals surface area contributed by atoms with Crippen LogP contribution in [0.1, 0.15) is 18.4 Å². The van der Waals surface area contributed by atoms with Crippen molar-refractivity contribution in [2.75, 3.05) is 13.2 Å². The third-order valence-electron chi connectivity index (χ3n) is 3.35. The van der Waals surface area contributed by atoms with Crippen LogP contribution < -0.4 is 4.72 Å². The van der Waals surface area contributed by atoms with Gasteiger partial charge in [-0.15, -0.1) is 0 Å². The normalized spacial score (nSPS) is 18.7. The second kappa shape index (κ2) is 6.03. The van der Waals surface area contributed by atoms with Crippen LogP contribution in [0.3, 0.4) is 0 Å². The fourth-order valence-corrected chi connectivity index (χ4v) is 3.87. The van der Waals surface area contributed by atoms with Crippen LogP contribution >= 0.6 is 23.2 Å². The summed E-state index contributed by atoms with van der Waals surface area (Å²) in [7, 11) is -3.59. The van der Waals surface area contributed by atoms with Crippen molar-refractivity contribution in [1.29, 1.82) is 0 Å². The number of hydrogen-bond acceptors (Lipinski definition) is 3.